The summed E-state index contributed by atoms with van der Waals surface area (Å²) in [5.74, 6) is 3.54. The van der Waals surface area contributed by atoms with Crippen molar-refractivity contribution in [1.82, 2.24) is 30.4 Å². The minimum atomic E-state index is 0.293. The number of ether oxygens (including phenoxy) is 1. The number of pyridine rings is 1. The Bertz CT molecular complexity index is 746. The third kappa shape index (κ3) is 5.91. The number of rotatable bonds is 9. The molecule has 0 saturated carbocycles. The molecular weight excluding hydrogens is 356 g/mol. The van der Waals surface area contributed by atoms with Gasteiger partial charge in [-0.05, 0) is 31.4 Å². The van der Waals surface area contributed by atoms with Gasteiger partial charge >= 0.3 is 0 Å². The molecule has 0 saturated heterocycles. The van der Waals surface area contributed by atoms with Gasteiger partial charge in [-0.3, -0.25) is 4.99 Å². The fraction of sp³-hybridized carbons (Fsp3) is 0.579. The van der Waals surface area contributed by atoms with E-state index in [0.717, 1.165) is 68.7 Å². The Morgan fingerprint density at radius 3 is 3.00 bits per heavy atom. The second-order valence-electron chi connectivity index (χ2n) is 6.79. The Morgan fingerprint density at radius 2 is 2.21 bits per heavy atom. The van der Waals surface area contributed by atoms with Gasteiger partial charge in [-0.25, -0.2) is 14.6 Å². The molecule has 0 aromatic carbocycles. The van der Waals surface area contributed by atoms with Crippen LogP contribution >= 0.6 is 0 Å². The van der Waals surface area contributed by atoms with Gasteiger partial charge in [0.05, 0.1) is 6.54 Å². The van der Waals surface area contributed by atoms with Crippen LogP contribution in [0.2, 0.25) is 0 Å². The van der Waals surface area contributed by atoms with E-state index in [2.05, 4.69) is 36.0 Å². The zero-order valence-corrected chi connectivity index (χ0v) is 16.7. The summed E-state index contributed by atoms with van der Waals surface area (Å²) in [5, 5.41) is 14.7. The lowest BCUT2D eigenvalue weighted by Crippen LogP contribution is -2.47. The van der Waals surface area contributed by atoms with Crippen LogP contribution in [0.4, 0.5) is 5.82 Å². The number of aliphatic imine (C=N–C) groups is 1. The lowest BCUT2D eigenvalue weighted by Gasteiger charge is -2.25. The molecule has 0 fully saturated rings. The maximum absolute atomic E-state index is 5.12. The zero-order chi connectivity index (χ0) is 19.6. The molecule has 2 aromatic rings. The Hall–Kier alpha value is -2.68. The highest BCUT2D eigenvalue weighted by Crippen LogP contribution is 2.13. The van der Waals surface area contributed by atoms with Gasteiger partial charge in [-0.1, -0.05) is 6.07 Å². The molecule has 9 heteroatoms. The maximum atomic E-state index is 5.12. The zero-order valence-electron chi connectivity index (χ0n) is 16.7. The van der Waals surface area contributed by atoms with Crippen molar-refractivity contribution in [3.05, 3.63) is 36.0 Å². The van der Waals surface area contributed by atoms with E-state index in [1.807, 2.05) is 22.9 Å². The van der Waals surface area contributed by atoms with Gasteiger partial charge < -0.3 is 20.7 Å². The van der Waals surface area contributed by atoms with Crippen LogP contribution in [0.15, 0.2) is 29.4 Å². The third-order valence-corrected chi connectivity index (χ3v) is 4.61. The number of fused-ring (bicyclic) bond motifs is 1. The number of guanidine groups is 1. The van der Waals surface area contributed by atoms with Crippen molar-refractivity contribution in [1.29, 1.82) is 0 Å². The summed E-state index contributed by atoms with van der Waals surface area (Å²) < 4.78 is 7.10. The average Bonchev–Trinajstić information content (AvgIpc) is 3.12. The predicted molar refractivity (Wildman–Crippen MR) is 109 cm³/mol. The quantitative estimate of drug-likeness (QED) is 0.338. The van der Waals surface area contributed by atoms with E-state index in [0.29, 0.717) is 12.6 Å². The highest BCUT2D eigenvalue weighted by atomic mass is 16.5. The Kier molecular flexibility index (Phi) is 7.60. The molecule has 0 spiro atoms. The van der Waals surface area contributed by atoms with Crippen LogP contribution in [0, 0.1) is 0 Å². The average molecular weight is 387 g/mol. The van der Waals surface area contributed by atoms with E-state index in [9.17, 15) is 0 Å². The molecule has 3 rings (SSSR count). The highest BCUT2D eigenvalue weighted by Gasteiger charge is 2.22. The molecule has 0 radical (unpaired) electrons. The third-order valence-electron chi connectivity index (χ3n) is 4.61. The van der Waals surface area contributed by atoms with E-state index in [4.69, 9.17) is 4.74 Å². The molecule has 1 unspecified atom stereocenters. The second kappa shape index (κ2) is 10.6. The van der Waals surface area contributed by atoms with Gasteiger partial charge in [0.25, 0.3) is 0 Å². The molecule has 2 aromatic heterocycles. The molecule has 28 heavy (non-hydrogen) atoms. The van der Waals surface area contributed by atoms with Gasteiger partial charge in [-0.15, -0.1) is 0 Å². The van der Waals surface area contributed by atoms with Crippen molar-refractivity contribution in [2.45, 2.75) is 44.9 Å². The first-order valence-corrected chi connectivity index (χ1v) is 9.82. The SMILES string of the molecule is CN=C(NCCCCNc1ccccn1)NC1CCc2nc(COC)nn2C1. The van der Waals surface area contributed by atoms with Crippen LogP contribution in [-0.4, -0.2) is 59.0 Å². The Labute approximate surface area is 166 Å². The van der Waals surface area contributed by atoms with E-state index in [1.54, 1.807) is 20.4 Å². The van der Waals surface area contributed by atoms with Gasteiger partial charge in [0.15, 0.2) is 11.8 Å². The summed E-state index contributed by atoms with van der Waals surface area (Å²) in [5.41, 5.74) is 0. The van der Waals surface area contributed by atoms with Crippen molar-refractivity contribution in [2.75, 3.05) is 32.6 Å². The fourth-order valence-corrected chi connectivity index (χ4v) is 3.20. The summed E-state index contributed by atoms with van der Waals surface area (Å²) >= 11 is 0. The maximum Gasteiger partial charge on any atom is 0.191 e. The molecule has 1 aliphatic rings. The monoisotopic (exact) mass is 386 g/mol. The Morgan fingerprint density at radius 1 is 1.32 bits per heavy atom. The number of hydrogen-bond donors (Lipinski definition) is 3. The lowest BCUT2D eigenvalue weighted by atomic mass is 10.1. The lowest BCUT2D eigenvalue weighted by molar-refractivity contribution is 0.177. The highest BCUT2D eigenvalue weighted by molar-refractivity contribution is 5.79. The summed E-state index contributed by atoms with van der Waals surface area (Å²) in [6.45, 7) is 3.03. The molecule has 1 aliphatic heterocycles. The molecule has 0 bridgehead atoms. The van der Waals surface area contributed by atoms with Crippen molar-refractivity contribution in [3.63, 3.8) is 0 Å². The molecule has 1 atom stereocenters. The normalized spacial score (nSPS) is 16.5. The van der Waals surface area contributed by atoms with Crippen molar-refractivity contribution < 1.29 is 4.74 Å². The first kappa shape index (κ1) is 20.1. The van der Waals surface area contributed by atoms with Crippen molar-refractivity contribution >= 4 is 11.8 Å². The minimum absolute atomic E-state index is 0.293. The number of methoxy groups -OCH3 is 1. The van der Waals surface area contributed by atoms with E-state index in [1.165, 1.54) is 0 Å². The van der Waals surface area contributed by atoms with Gasteiger partial charge in [0, 0.05) is 45.9 Å². The summed E-state index contributed by atoms with van der Waals surface area (Å²) in [7, 11) is 3.47. The predicted octanol–water partition coefficient (Wildman–Crippen LogP) is 1.19. The van der Waals surface area contributed by atoms with Gasteiger partial charge in [0.1, 0.15) is 18.2 Å². The minimum Gasteiger partial charge on any atom is -0.377 e. The summed E-state index contributed by atoms with van der Waals surface area (Å²) in [4.78, 5) is 13.1. The summed E-state index contributed by atoms with van der Waals surface area (Å²) in [6, 6.07) is 6.18. The summed E-state index contributed by atoms with van der Waals surface area (Å²) in [6.07, 6.45) is 5.84. The Balaban J connectivity index is 1.34. The first-order valence-electron chi connectivity index (χ1n) is 9.82. The molecule has 3 N–H and O–H groups in total. The van der Waals surface area contributed by atoms with Crippen LogP contribution < -0.4 is 16.0 Å². The number of nitrogens with zero attached hydrogens (tertiary/aromatic N) is 5. The molecule has 152 valence electrons. The van der Waals surface area contributed by atoms with Crippen LogP contribution in [0.3, 0.4) is 0 Å². The van der Waals surface area contributed by atoms with E-state index >= 15 is 0 Å². The fourth-order valence-electron chi connectivity index (χ4n) is 3.20. The number of anilines is 1. The topological polar surface area (TPSA) is 101 Å². The number of aryl methyl sites for hydroxylation is 1. The van der Waals surface area contributed by atoms with Crippen LogP contribution in [0.1, 0.15) is 30.9 Å². The van der Waals surface area contributed by atoms with Crippen LogP contribution in [0.5, 0.6) is 0 Å². The van der Waals surface area contributed by atoms with Gasteiger partial charge in [-0.2, -0.15) is 5.10 Å². The number of nitrogens with one attached hydrogen (secondary N) is 3. The van der Waals surface area contributed by atoms with E-state index in [-0.39, 0.29) is 0 Å². The largest absolute Gasteiger partial charge is 0.377 e. The molecule has 9 nitrogen and oxygen atoms in total. The van der Waals surface area contributed by atoms with Crippen LogP contribution in [-0.2, 0) is 24.3 Å². The first-order chi connectivity index (χ1) is 13.8. The van der Waals surface area contributed by atoms with Crippen molar-refractivity contribution in [3.8, 4) is 0 Å². The number of aromatic nitrogens is 4. The molecule has 0 amide bonds. The molecular formula is C19H30N8O. The van der Waals surface area contributed by atoms with Crippen LogP contribution in [0.25, 0.3) is 0 Å². The van der Waals surface area contributed by atoms with Gasteiger partial charge in [0.2, 0.25) is 0 Å². The molecule has 3 heterocycles. The number of unbranched alkanes of at least 4 members (excludes halogenated alkanes) is 1. The second-order valence-corrected chi connectivity index (χ2v) is 6.79. The smallest absolute Gasteiger partial charge is 0.191 e. The number of hydrogen-bond acceptors (Lipinski definition) is 6. The standard InChI is InChI=1S/C19H30N8O/c1-20-19(23-12-6-5-11-22-16-7-3-4-10-21-16)24-15-8-9-18-25-17(14-28-2)26-27(18)13-15/h3-4,7,10,15H,5-6,8-9,11-14H2,1-2H3,(H,21,22)(H2,20,23,24). The van der Waals surface area contributed by atoms with Crippen molar-refractivity contribution in [2.24, 2.45) is 4.99 Å². The molecule has 0 aliphatic carbocycles. The van der Waals surface area contributed by atoms with E-state index < -0.39 is 0 Å².